The van der Waals surface area contributed by atoms with Crippen molar-refractivity contribution >= 4 is 46.8 Å². The molecule has 8 heteroatoms. The molecule has 25 heavy (non-hydrogen) atoms. The number of carboxylic acids is 1. The maximum atomic E-state index is 13.3. The Balaban J connectivity index is 1.87. The van der Waals surface area contributed by atoms with E-state index >= 15 is 0 Å². The lowest BCUT2D eigenvalue weighted by Gasteiger charge is -2.16. The number of carbonyl (C=O) groups is 3. The van der Waals surface area contributed by atoms with Crippen molar-refractivity contribution in [2.45, 2.75) is 16.6 Å². The predicted molar refractivity (Wildman–Crippen MR) is 88.9 cm³/mol. The first kappa shape index (κ1) is 17.4. The van der Waals surface area contributed by atoms with E-state index < -0.39 is 28.9 Å². The second kappa shape index (κ2) is 6.85. The number of aromatic carboxylic acids is 1. The van der Waals surface area contributed by atoms with Gasteiger partial charge in [-0.2, -0.15) is 0 Å². The van der Waals surface area contributed by atoms with E-state index in [1.54, 1.807) is 18.2 Å². The number of thioether (sulfide) groups is 1. The molecule has 5 nitrogen and oxygen atoms in total. The zero-order chi connectivity index (χ0) is 18.1. The van der Waals surface area contributed by atoms with E-state index in [2.05, 4.69) is 0 Å². The minimum Gasteiger partial charge on any atom is -0.545 e. The van der Waals surface area contributed by atoms with E-state index in [1.165, 1.54) is 18.2 Å². The van der Waals surface area contributed by atoms with Crippen LogP contribution in [0.1, 0.15) is 16.8 Å². The highest BCUT2D eigenvalue weighted by Crippen LogP contribution is 2.36. The molecule has 1 saturated heterocycles. The second-order valence-corrected chi connectivity index (χ2v) is 6.91. The van der Waals surface area contributed by atoms with Gasteiger partial charge in [-0.25, -0.2) is 9.29 Å². The van der Waals surface area contributed by atoms with Gasteiger partial charge in [0.25, 0.3) is 0 Å². The standard InChI is InChI=1S/C17H11ClFNO4S/c18-11-7-9(5-6-12(11)19)20-15(21)8-14(16(20)22)25-13-4-2-1-3-10(13)17(23)24/h1-7,14H,8H2,(H,23,24)/p-1. The van der Waals surface area contributed by atoms with Gasteiger partial charge in [0.2, 0.25) is 11.8 Å². The van der Waals surface area contributed by atoms with Gasteiger partial charge in [-0.3, -0.25) is 9.59 Å². The Bertz CT molecular complexity index is 889. The molecule has 0 saturated carbocycles. The molecule has 0 bridgehead atoms. The summed E-state index contributed by atoms with van der Waals surface area (Å²) in [5.41, 5.74) is 0.133. The van der Waals surface area contributed by atoms with Crippen LogP contribution >= 0.6 is 23.4 Å². The van der Waals surface area contributed by atoms with E-state index in [9.17, 15) is 23.9 Å². The van der Waals surface area contributed by atoms with Gasteiger partial charge in [-0.15, -0.1) is 11.8 Å². The number of anilines is 1. The second-order valence-electron chi connectivity index (χ2n) is 5.26. The molecule has 1 atom stereocenters. The maximum Gasteiger partial charge on any atom is 0.247 e. The summed E-state index contributed by atoms with van der Waals surface area (Å²) in [6, 6.07) is 9.66. The van der Waals surface area contributed by atoms with Crippen LogP contribution in [0.15, 0.2) is 47.4 Å². The Morgan fingerprint density at radius 1 is 1.24 bits per heavy atom. The van der Waals surface area contributed by atoms with Gasteiger partial charge in [-0.05, 0) is 24.3 Å². The van der Waals surface area contributed by atoms with E-state index in [0.29, 0.717) is 4.90 Å². The minimum absolute atomic E-state index is 0.0453. The molecule has 1 aliphatic heterocycles. The number of carboxylic acid groups (broad SMARTS) is 1. The van der Waals surface area contributed by atoms with Crippen molar-refractivity contribution in [2.24, 2.45) is 0 Å². The first-order chi connectivity index (χ1) is 11.9. The van der Waals surface area contributed by atoms with Crippen LogP contribution in [0, 0.1) is 5.82 Å². The summed E-state index contributed by atoms with van der Waals surface area (Å²) in [5, 5.41) is 10.2. The van der Waals surface area contributed by atoms with Crippen LogP contribution in [0.5, 0.6) is 0 Å². The van der Waals surface area contributed by atoms with Gasteiger partial charge in [0, 0.05) is 16.9 Å². The van der Waals surface area contributed by atoms with Crippen LogP contribution in [0.3, 0.4) is 0 Å². The Hall–Kier alpha value is -2.38. The Kier molecular flexibility index (Phi) is 4.78. The van der Waals surface area contributed by atoms with Crippen molar-refractivity contribution in [3.05, 3.63) is 58.9 Å². The van der Waals surface area contributed by atoms with Crippen LogP contribution in [0.25, 0.3) is 0 Å². The zero-order valence-corrected chi connectivity index (χ0v) is 14.1. The number of benzene rings is 2. The minimum atomic E-state index is -1.36. The molecule has 0 radical (unpaired) electrons. The lowest BCUT2D eigenvalue weighted by Crippen LogP contribution is -2.31. The fraction of sp³-hybridized carbons (Fsp3) is 0.118. The number of hydrogen-bond donors (Lipinski definition) is 0. The zero-order valence-electron chi connectivity index (χ0n) is 12.6. The quantitative estimate of drug-likeness (QED) is 0.763. The highest BCUT2D eigenvalue weighted by Gasteiger charge is 2.40. The number of halogens is 2. The molecule has 3 rings (SSSR count). The fourth-order valence-corrected chi connectivity index (χ4v) is 3.83. The SMILES string of the molecule is O=C([O-])c1ccccc1SC1CC(=O)N(c2ccc(F)c(Cl)c2)C1=O. The maximum absolute atomic E-state index is 13.3. The van der Waals surface area contributed by atoms with Gasteiger partial charge in [0.15, 0.2) is 0 Å². The summed E-state index contributed by atoms with van der Waals surface area (Å²) in [7, 11) is 0. The van der Waals surface area contributed by atoms with E-state index in [0.717, 1.165) is 22.7 Å². The third-order valence-corrected chi connectivity index (χ3v) is 5.20. The van der Waals surface area contributed by atoms with Crippen molar-refractivity contribution in [3.63, 3.8) is 0 Å². The largest absolute Gasteiger partial charge is 0.545 e. The number of rotatable bonds is 4. The van der Waals surface area contributed by atoms with Crippen molar-refractivity contribution in [1.29, 1.82) is 0 Å². The van der Waals surface area contributed by atoms with Gasteiger partial charge in [0.05, 0.1) is 21.9 Å². The molecule has 0 N–H and O–H groups in total. The van der Waals surface area contributed by atoms with Gasteiger partial charge >= 0.3 is 0 Å². The highest BCUT2D eigenvalue weighted by atomic mass is 35.5. The number of hydrogen-bond acceptors (Lipinski definition) is 5. The van der Waals surface area contributed by atoms with Crippen LogP contribution in [0.2, 0.25) is 5.02 Å². The third-order valence-electron chi connectivity index (χ3n) is 3.64. The molecular weight excluding hydrogens is 369 g/mol. The average Bonchev–Trinajstić information content (AvgIpc) is 2.84. The van der Waals surface area contributed by atoms with E-state index in [-0.39, 0.29) is 22.7 Å². The number of carbonyl (C=O) groups excluding carboxylic acids is 3. The Morgan fingerprint density at radius 3 is 2.64 bits per heavy atom. The summed E-state index contributed by atoms with van der Waals surface area (Å²) in [6.07, 6.45) is -0.0973. The monoisotopic (exact) mass is 378 g/mol. The van der Waals surface area contributed by atoms with Crippen LogP contribution in [-0.2, 0) is 9.59 Å². The molecule has 1 unspecified atom stereocenters. The smallest absolute Gasteiger partial charge is 0.247 e. The molecule has 1 aliphatic rings. The molecule has 2 aromatic carbocycles. The number of amides is 2. The average molecular weight is 379 g/mol. The lowest BCUT2D eigenvalue weighted by atomic mass is 10.2. The van der Waals surface area contributed by atoms with Crippen molar-refractivity contribution < 1.29 is 23.9 Å². The topological polar surface area (TPSA) is 77.5 Å². The van der Waals surface area contributed by atoms with E-state index in [1.807, 2.05) is 0 Å². The van der Waals surface area contributed by atoms with Crippen LogP contribution in [0.4, 0.5) is 10.1 Å². The molecule has 2 aromatic rings. The first-order valence-corrected chi connectivity index (χ1v) is 8.43. The molecule has 1 heterocycles. The molecule has 0 spiro atoms. The molecular formula is C17H10ClFNO4S-. The lowest BCUT2D eigenvalue weighted by molar-refractivity contribution is -0.255. The third kappa shape index (κ3) is 3.38. The van der Waals surface area contributed by atoms with Crippen molar-refractivity contribution in [1.82, 2.24) is 0 Å². The fourth-order valence-electron chi connectivity index (χ4n) is 2.48. The van der Waals surface area contributed by atoms with Gasteiger partial charge in [0.1, 0.15) is 5.82 Å². The Labute approximate surface area is 151 Å². The van der Waals surface area contributed by atoms with Gasteiger partial charge < -0.3 is 9.90 Å². The summed E-state index contributed by atoms with van der Waals surface area (Å²) in [5.74, 6) is -2.98. The molecule has 2 amide bonds. The van der Waals surface area contributed by atoms with Gasteiger partial charge in [-0.1, -0.05) is 29.8 Å². The van der Waals surface area contributed by atoms with Crippen LogP contribution in [-0.4, -0.2) is 23.0 Å². The van der Waals surface area contributed by atoms with Crippen molar-refractivity contribution in [3.8, 4) is 0 Å². The summed E-state index contributed by atoms with van der Waals surface area (Å²) in [6.45, 7) is 0. The van der Waals surface area contributed by atoms with Crippen LogP contribution < -0.4 is 10.0 Å². The van der Waals surface area contributed by atoms with E-state index in [4.69, 9.17) is 11.6 Å². The summed E-state index contributed by atoms with van der Waals surface area (Å²) in [4.78, 5) is 37.2. The summed E-state index contributed by atoms with van der Waals surface area (Å²) >= 11 is 6.69. The highest BCUT2D eigenvalue weighted by molar-refractivity contribution is 8.00. The predicted octanol–water partition coefficient (Wildman–Crippen LogP) is 2.27. The van der Waals surface area contributed by atoms with Crippen molar-refractivity contribution in [2.75, 3.05) is 4.90 Å². The number of imide groups is 1. The molecule has 1 fully saturated rings. The first-order valence-electron chi connectivity index (χ1n) is 7.17. The Morgan fingerprint density at radius 2 is 1.96 bits per heavy atom. The molecule has 128 valence electrons. The normalized spacial score (nSPS) is 17.2. The number of nitrogens with zero attached hydrogens (tertiary/aromatic N) is 1. The molecule has 0 aliphatic carbocycles. The summed E-state index contributed by atoms with van der Waals surface area (Å²) < 4.78 is 13.3. The molecule has 0 aromatic heterocycles.